The molecule has 0 aliphatic carbocycles. The number of nitrogens with one attached hydrogen (secondary N) is 1. The third-order valence-corrected chi connectivity index (χ3v) is 2.79. The van der Waals surface area contributed by atoms with Gasteiger partial charge in [0.15, 0.2) is 0 Å². The quantitative estimate of drug-likeness (QED) is 0.788. The highest BCUT2D eigenvalue weighted by atomic mass is 16.5. The van der Waals surface area contributed by atoms with E-state index < -0.39 is 0 Å². The third-order valence-electron chi connectivity index (χ3n) is 2.79. The Morgan fingerprint density at radius 1 is 1.44 bits per heavy atom. The lowest BCUT2D eigenvalue weighted by atomic mass is 9.99. The molecular weight excluding hydrogens is 202 g/mol. The molecule has 0 bridgehead atoms. The van der Waals surface area contributed by atoms with Crippen molar-refractivity contribution in [3.8, 4) is 5.75 Å². The van der Waals surface area contributed by atoms with E-state index in [4.69, 9.17) is 4.74 Å². The molecule has 0 aromatic heterocycles. The van der Waals surface area contributed by atoms with Gasteiger partial charge in [-0.3, -0.25) is 4.79 Å². The van der Waals surface area contributed by atoms with Crippen LogP contribution >= 0.6 is 0 Å². The van der Waals surface area contributed by atoms with Crippen LogP contribution < -0.4 is 10.1 Å². The van der Waals surface area contributed by atoms with E-state index in [0.717, 1.165) is 42.7 Å². The fourth-order valence-electron chi connectivity index (χ4n) is 1.89. The number of rotatable bonds is 4. The molecule has 0 radical (unpaired) electrons. The van der Waals surface area contributed by atoms with Crippen molar-refractivity contribution < 1.29 is 9.53 Å². The number of carbonyl (C=O) groups excluding carboxylic acids is 1. The Morgan fingerprint density at radius 2 is 2.31 bits per heavy atom. The molecule has 1 aromatic carbocycles. The van der Waals surface area contributed by atoms with E-state index in [1.165, 1.54) is 0 Å². The van der Waals surface area contributed by atoms with Crippen LogP contribution in [-0.4, -0.2) is 19.1 Å². The number of fused-ring (bicyclic) bond motifs is 1. The Bertz CT molecular complexity index is 388. The van der Waals surface area contributed by atoms with E-state index in [2.05, 4.69) is 12.2 Å². The third kappa shape index (κ3) is 2.18. The van der Waals surface area contributed by atoms with Crippen molar-refractivity contribution in [2.75, 3.05) is 13.2 Å². The van der Waals surface area contributed by atoms with E-state index in [0.29, 0.717) is 6.54 Å². The zero-order valence-electron chi connectivity index (χ0n) is 9.58. The van der Waals surface area contributed by atoms with Gasteiger partial charge in [0, 0.05) is 17.7 Å². The molecule has 1 aliphatic rings. The molecule has 1 heterocycles. The number of hydrogen-bond acceptors (Lipinski definition) is 2. The summed E-state index contributed by atoms with van der Waals surface area (Å²) in [5.74, 6) is 0.892. The molecule has 0 saturated heterocycles. The highest BCUT2D eigenvalue weighted by molar-refractivity contribution is 5.97. The van der Waals surface area contributed by atoms with Crippen molar-refractivity contribution >= 4 is 5.91 Å². The molecule has 1 N–H and O–H groups in total. The summed E-state index contributed by atoms with van der Waals surface area (Å²) >= 11 is 0. The van der Waals surface area contributed by atoms with Gasteiger partial charge in [0.2, 0.25) is 0 Å². The lowest BCUT2D eigenvalue weighted by molar-refractivity contribution is 0.0945. The second-order valence-corrected chi connectivity index (χ2v) is 3.99. The topological polar surface area (TPSA) is 38.3 Å². The smallest absolute Gasteiger partial charge is 0.251 e. The molecule has 16 heavy (non-hydrogen) atoms. The number of benzene rings is 1. The molecule has 0 fully saturated rings. The molecule has 3 nitrogen and oxygen atoms in total. The van der Waals surface area contributed by atoms with Crippen molar-refractivity contribution in [1.29, 1.82) is 0 Å². The van der Waals surface area contributed by atoms with Crippen molar-refractivity contribution in [3.63, 3.8) is 0 Å². The fourth-order valence-corrected chi connectivity index (χ4v) is 1.89. The molecule has 0 spiro atoms. The van der Waals surface area contributed by atoms with Crippen molar-refractivity contribution in [3.05, 3.63) is 29.3 Å². The average Bonchev–Trinajstić information content (AvgIpc) is 2.31. The monoisotopic (exact) mass is 219 g/mol. The minimum atomic E-state index is 0.0159. The summed E-state index contributed by atoms with van der Waals surface area (Å²) in [5.41, 5.74) is 1.82. The van der Waals surface area contributed by atoms with Gasteiger partial charge in [0.05, 0.1) is 6.61 Å². The predicted molar refractivity (Wildman–Crippen MR) is 62.9 cm³/mol. The van der Waals surface area contributed by atoms with E-state index >= 15 is 0 Å². The maximum Gasteiger partial charge on any atom is 0.251 e. The van der Waals surface area contributed by atoms with Gasteiger partial charge in [-0.15, -0.1) is 0 Å². The zero-order chi connectivity index (χ0) is 11.4. The number of unbranched alkanes of at least 4 members (excludes halogenated alkanes) is 1. The molecule has 2 rings (SSSR count). The summed E-state index contributed by atoms with van der Waals surface area (Å²) in [7, 11) is 0. The Kier molecular flexibility index (Phi) is 3.44. The second kappa shape index (κ2) is 5.01. The van der Waals surface area contributed by atoms with Gasteiger partial charge < -0.3 is 10.1 Å². The zero-order valence-corrected chi connectivity index (χ0v) is 9.58. The van der Waals surface area contributed by atoms with E-state index in [-0.39, 0.29) is 5.91 Å². The van der Waals surface area contributed by atoms with Crippen LogP contribution in [0.2, 0.25) is 0 Å². The second-order valence-electron chi connectivity index (χ2n) is 3.99. The van der Waals surface area contributed by atoms with Crippen LogP contribution in [0.4, 0.5) is 0 Å². The van der Waals surface area contributed by atoms with Gasteiger partial charge in [-0.1, -0.05) is 19.4 Å². The van der Waals surface area contributed by atoms with Gasteiger partial charge in [-0.05, 0) is 25.0 Å². The van der Waals surface area contributed by atoms with E-state index in [9.17, 15) is 4.79 Å². The van der Waals surface area contributed by atoms with Gasteiger partial charge in [0.1, 0.15) is 5.75 Å². The Balaban J connectivity index is 2.19. The predicted octanol–water partition coefficient (Wildman–Crippen LogP) is 2.15. The van der Waals surface area contributed by atoms with Crippen molar-refractivity contribution in [1.82, 2.24) is 5.32 Å². The number of amides is 1. The summed E-state index contributed by atoms with van der Waals surface area (Å²) in [6.07, 6.45) is 3.04. The molecular formula is C13H17NO2. The lowest BCUT2D eigenvalue weighted by Crippen LogP contribution is -2.32. The fraction of sp³-hybridized carbons (Fsp3) is 0.462. The van der Waals surface area contributed by atoms with Gasteiger partial charge in [0.25, 0.3) is 5.91 Å². The maximum absolute atomic E-state index is 11.6. The first-order valence-corrected chi connectivity index (χ1v) is 5.86. The standard InChI is InChI=1S/C13H17NO2/c1-2-3-9-16-12-6-4-5-11-10(12)7-8-14-13(11)15/h4-6H,2-3,7-9H2,1H3,(H,14,15). The van der Waals surface area contributed by atoms with Crippen LogP contribution in [0.3, 0.4) is 0 Å². The summed E-state index contributed by atoms with van der Waals surface area (Å²) in [5, 5.41) is 2.84. The van der Waals surface area contributed by atoms with Crippen LogP contribution in [0.25, 0.3) is 0 Å². The molecule has 86 valence electrons. The van der Waals surface area contributed by atoms with Gasteiger partial charge in [-0.2, -0.15) is 0 Å². The minimum absolute atomic E-state index is 0.0159. The van der Waals surface area contributed by atoms with Crippen LogP contribution in [0, 0.1) is 0 Å². The molecule has 0 atom stereocenters. The Labute approximate surface area is 95.8 Å². The normalized spacial score (nSPS) is 14.2. The summed E-state index contributed by atoms with van der Waals surface area (Å²) in [6, 6.07) is 5.69. The van der Waals surface area contributed by atoms with Crippen LogP contribution in [-0.2, 0) is 6.42 Å². The minimum Gasteiger partial charge on any atom is -0.493 e. The van der Waals surface area contributed by atoms with Crippen molar-refractivity contribution in [2.45, 2.75) is 26.2 Å². The van der Waals surface area contributed by atoms with Gasteiger partial charge >= 0.3 is 0 Å². The lowest BCUT2D eigenvalue weighted by Gasteiger charge is -2.19. The molecule has 1 aromatic rings. The molecule has 0 saturated carbocycles. The number of carbonyl (C=O) groups is 1. The van der Waals surface area contributed by atoms with E-state index in [1.807, 2.05) is 18.2 Å². The van der Waals surface area contributed by atoms with Gasteiger partial charge in [-0.25, -0.2) is 0 Å². The van der Waals surface area contributed by atoms with Crippen molar-refractivity contribution in [2.24, 2.45) is 0 Å². The van der Waals surface area contributed by atoms with Crippen LogP contribution in [0.1, 0.15) is 35.7 Å². The Hall–Kier alpha value is -1.51. The largest absolute Gasteiger partial charge is 0.493 e. The first-order valence-electron chi connectivity index (χ1n) is 5.86. The highest BCUT2D eigenvalue weighted by Gasteiger charge is 2.19. The summed E-state index contributed by atoms with van der Waals surface area (Å²) in [4.78, 5) is 11.6. The Morgan fingerprint density at radius 3 is 3.12 bits per heavy atom. The molecule has 1 aliphatic heterocycles. The molecule has 0 unspecified atom stereocenters. The SMILES string of the molecule is CCCCOc1cccc2c1CCNC2=O. The van der Waals surface area contributed by atoms with Crippen LogP contribution in [0.5, 0.6) is 5.75 Å². The van der Waals surface area contributed by atoms with Crippen LogP contribution in [0.15, 0.2) is 18.2 Å². The summed E-state index contributed by atoms with van der Waals surface area (Å²) in [6.45, 7) is 3.58. The first kappa shape index (κ1) is 11.0. The van der Waals surface area contributed by atoms with E-state index in [1.54, 1.807) is 0 Å². The maximum atomic E-state index is 11.6. The summed E-state index contributed by atoms with van der Waals surface area (Å²) < 4.78 is 5.71. The first-order chi connectivity index (χ1) is 7.83. The number of hydrogen-bond donors (Lipinski definition) is 1. The molecule has 3 heteroatoms. The highest BCUT2D eigenvalue weighted by Crippen LogP contribution is 2.25. The average molecular weight is 219 g/mol. The molecule has 1 amide bonds. The number of ether oxygens (including phenoxy) is 1.